The molecule has 3 fully saturated rings. The fourth-order valence-corrected chi connectivity index (χ4v) is 6.32. The molecule has 33 heavy (non-hydrogen) atoms. The van der Waals surface area contributed by atoms with Crippen molar-refractivity contribution in [2.75, 3.05) is 29.9 Å². The summed E-state index contributed by atoms with van der Waals surface area (Å²) < 4.78 is 38.9. The van der Waals surface area contributed by atoms with Gasteiger partial charge >= 0.3 is 0 Å². The van der Waals surface area contributed by atoms with Crippen LogP contribution in [-0.2, 0) is 0 Å². The first-order chi connectivity index (χ1) is 15.9. The highest BCUT2D eigenvalue weighted by Crippen LogP contribution is 2.41. The van der Waals surface area contributed by atoms with Crippen LogP contribution in [0.25, 0.3) is 5.65 Å². The zero-order valence-electron chi connectivity index (χ0n) is 18.5. The van der Waals surface area contributed by atoms with Gasteiger partial charge in [0, 0.05) is 49.7 Å². The van der Waals surface area contributed by atoms with Gasteiger partial charge in [-0.2, -0.15) is 9.36 Å². The lowest BCUT2D eigenvalue weighted by molar-refractivity contribution is 0.00294. The number of halogens is 2. The Bertz CT molecular complexity index is 1140. The topological polar surface area (TPSA) is 80.5 Å². The van der Waals surface area contributed by atoms with Crippen LogP contribution in [0.5, 0.6) is 5.75 Å². The molecule has 8 nitrogen and oxygen atoms in total. The first kappa shape index (κ1) is 21.0. The van der Waals surface area contributed by atoms with E-state index < -0.39 is 5.92 Å². The van der Waals surface area contributed by atoms with E-state index in [4.69, 9.17) is 9.72 Å². The van der Waals surface area contributed by atoms with Crippen LogP contribution in [-0.4, -0.2) is 55.6 Å². The summed E-state index contributed by atoms with van der Waals surface area (Å²) in [4.78, 5) is 11.6. The molecule has 0 radical (unpaired) electrons. The molecule has 2 bridgehead atoms. The molecule has 4 atom stereocenters. The number of alkyl halides is 2. The van der Waals surface area contributed by atoms with Crippen LogP contribution in [0.2, 0.25) is 0 Å². The number of nitrogens with zero attached hydrogens (tertiary/aromatic N) is 6. The lowest BCUT2D eigenvalue weighted by Gasteiger charge is -2.37. The average Bonchev–Trinajstić information content (AvgIpc) is 3.53. The van der Waals surface area contributed by atoms with Crippen LogP contribution in [0, 0.1) is 24.7 Å². The van der Waals surface area contributed by atoms with Gasteiger partial charge in [0.05, 0.1) is 6.61 Å². The maximum Gasteiger partial charge on any atom is 0.248 e. The van der Waals surface area contributed by atoms with Crippen LogP contribution >= 0.6 is 11.5 Å². The first-order valence-electron chi connectivity index (χ1n) is 11.6. The lowest BCUT2D eigenvalue weighted by atomic mass is 9.92. The molecule has 2 unspecified atom stereocenters. The molecule has 0 amide bonds. The van der Waals surface area contributed by atoms with Crippen molar-refractivity contribution in [3.8, 4) is 5.75 Å². The molecule has 0 aromatic carbocycles. The minimum Gasteiger partial charge on any atom is -0.489 e. The summed E-state index contributed by atoms with van der Waals surface area (Å²) in [5, 5.41) is 9.21. The van der Waals surface area contributed by atoms with Crippen molar-refractivity contribution < 1.29 is 13.5 Å². The summed E-state index contributed by atoms with van der Waals surface area (Å²) in [7, 11) is 0. The Balaban J connectivity index is 1.14. The summed E-state index contributed by atoms with van der Waals surface area (Å²) in [5.74, 6) is 0.307. The van der Waals surface area contributed by atoms with E-state index in [1.807, 2.05) is 25.3 Å². The van der Waals surface area contributed by atoms with Crippen LogP contribution < -0.4 is 15.0 Å². The van der Waals surface area contributed by atoms with Crippen molar-refractivity contribution in [3.63, 3.8) is 0 Å². The number of nitrogens with one attached hydrogen (secondary N) is 1. The van der Waals surface area contributed by atoms with Crippen LogP contribution in [0.3, 0.4) is 0 Å². The third-order valence-electron chi connectivity index (χ3n) is 7.22. The number of pyridine rings is 1. The molecule has 4 heterocycles. The predicted octanol–water partition coefficient (Wildman–Crippen LogP) is 4.03. The molecule has 6 rings (SSSR count). The molecule has 2 saturated carbocycles. The smallest absolute Gasteiger partial charge is 0.248 e. The summed E-state index contributed by atoms with van der Waals surface area (Å²) in [6.07, 6.45) is 4.51. The second-order valence-electron chi connectivity index (χ2n) is 9.65. The second kappa shape index (κ2) is 8.03. The number of aromatic nitrogens is 5. The van der Waals surface area contributed by atoms with Gasteiger partial charge in [-0.25, -0.2) is 18.3 Å². The maximum atomic E-state index is 13.5. The number of fused-ring (bicyclic) bond motifs is 3. The summed E-state index contributed by atoms with van der Waals surface area (Å²) >= 11 is 1.47. The molecule has 1 N–H and O–H groups in total. The van der Waals surface area contributed by atoms with Gasteiger partial charge in [0.25, 0.3) is 0 Å². The fraction of sp³-hybridized carbons (Fsp3) is 0.636. The Labute approximate surface area is 194 Å². The van der Waals surface area contributed by atoms with Crippen LogP contribution in [0.1, 0.15) is 37.9 Å². The normalized spacial score (nSPS) is 28.5. The van der Waals surface area contributed by atoms with E-state index in [1.165, 1.54) is 24.4 Å². The van der Waals surface area contributed by atoms with E-state index in [2.05, 4.69) is 24.7 Å². The third-order valence-corrected chi connectivity index (χ3v) is 8.09. The van der Waals surface area contributed by atoms with Gasteiger partial charge in [0.15, 0.2) is 11.4 Å². The second-order valence-corrected chi connectivity index (χ2v) is 10.4. The van der Waals surface area contributed by atoms with Crippen molar-refractivity contribution in [3.05, 3.63) is 24.2 Å². The Morgan fingerprint density at radius 1 is 1.21 bits per heavy atom. The Kier molecular flexibility index (Phi) is 5.11. The van der Waals surface area contributed by atoms with Gasteiger partial charge in [-0.1, -0.05) is 0 Å². The molecule has 3 aromatic heterocycles. The van der Waals surface area contributed by atoms with Crippen molar-refractivity contribution >= 4 is 28.3 Å². The predicted molar refractivity (Wildman–Crippen MR) is 121 cm³/mol. The molecule has 3 aliphatic rings. The van der Waals surface area contributed by atoms with Crippen LogP contribution in [0.15, 0.2) is 18.3 Å². The number of hydrogen-bond acceptors (Lipinski definition) is 8. The quantitative estimate of drug-likeness (QED) is 0.577. The van der Waals surface area contributed by atoms with Crippen molar-refractivity contribution in [1.29, 1.82) is 0 Å². The number of ether oxygens (including phenoxy) is 1. The number of aryl methyl sites for hydroxylation is 1. The lowest BCUT2D eigenvalue weighted by Crippen LogP contribution is -2.48. The van der Waals surface area contributed by atoms with E-state index >= 15 is 0 Å². The molecule has 3 aromatic rings. The number of piperidine rings is 1. The molecule has 1 saturated heterocycles. The number of hydrogen-bond donors (Lipinski definition) is 1. The molecule has 1 aliphatic heterocycles. The van der Waals surface area contributed by atoms with E-state index in [9.17, 15) is 8.78 Å². The third kappa shape index (κ3) is 4.11. The van der Waals surface area contributed by atoms with Gasteiger partial charge in [-0.3, -0.25) is 0 Å². The monoisotopic (exact) mass is 475 g/mol. The minimum absolute atomic E-state index is 0.0515. The van der Waals surface area contributed by atoms with E-state index in [-0.39, 0.29) is 25.4 Å². The summed E-state index contributed by atoms with van der Waals surface area (Å²) in [5.41, 5.74) is 0.610. The van der Waals surface area contributed by atoms with Gasteiger partial charge in [-0.05, 0) is 56.1 Å². The highest BCUT2D eigenvalue weighted by Gasteiger charge is 2.43. The van der Waals surface area contributed by atoms with Crippen LogP contribution in [0.4, 0.5) is 19.9 Å². The molecule has 2 aliphatic carbocycles. The van der Waals surface area contributed by atoms with E-state index in [0.29, 0.717) is 41.6 Å². The molecule has 0 spiro atoms. The summed E-state index contributed by atoms with van der Waals surface area (Å²) in [6, 6.07) is 3.99. The fourth-order valence-electron chi connectivity index (χ4n) is 5.63. The molecule has 176 valence electrons. The highest BCUT2D eigenvalue weighted by atomic mass is 32.1. The Morgan fingerprint density at radius 3 is 2.73 bits per heavy atom. The number of rotatable bonds is 6. The number of anilines is 2. The SMILES string of the molecule is Cc1nsc(N2C[C@H]3CC[C@@H](C2)C3Nc2nc3c(OCC4CCC(F)(F)C4)cccn3n2)n1. The average molecular weight is 476 g/mol. The maximum absolute atomic E-state index is 13.5. The van der Waals surface area contributed by atoms with Crippen molar-refractivity contribution in [2.45, 2.75) is 51.0 Å². The van der Waals surface area contributed by atoms with Gasteiger partial charge in [0.2, 0.25) is 17.0 Å². The summed E-state index contributed by atoms with van der Waals surface area (Å²) in [6.45, 7) is 4.12. The molecule has 11 heteroatoms. The van der Waals surface area contributed by atoms with E-state index in [1.54, 1.807) is 4.52 Å². The van der Waals surface area contributed by atoms with Crippen molar-refractivity contribution in [2.24, 2.45) is 17.8 Å². The van der Waals surface area contributed by atoms with Gasteiger partial charge < -0.3 is 15.0 Å². The molecular weight excluding hydrogens is 448 g/mol. The van der Waals surface area contributed by atoms with Crippen molar-refractivity contribution in [1.82, 2.24) is 24.0 Å². The zero-order chi connectivity index (χ0) is 22.6. The largest absolute Gasteiger partial charge is 0.489 e. The Hall–Kier alpha value is -2.56. The van der Waals surface area contributed by atoms with Gasteiger partial charge in [-0.15, -0.1) is 5.10 Å². The standard InChI is InChI=1S/C22H27F2N7OS/c1-13-25-21(33-29-13)30-10-15-4-5-16(11-30)18(15)26-20-27-19-17(3-2-8-31(19)28-20)32-12-14-6-7-22(23,24)9-14/h2-3,8,14-16,18H,4-7,9-12H2,1H3,(H,26,28)/t14?,15-,16+,18?. The highest BCUT2D eigenvalue weighted by molar-refractivity contribution is 7.09. The zero-order valence-corrected chi connectivity index (χ0v) is 19.3. The first-order valence-corrected chi connectivity index (χ1v) is 12.4. The van der Waals surface area contributed by atoms with Gasteiger partial charge in [0.1, 0.15) is 5.82 Å². The minimum atomic E-state index is -2.56. The van der Waals surface area contributed by atoms with E-state index in [0.717, 1.165) is 24.0 Å². The molecular formula is C22H27F2N7OS. The Morgan fingerprint density at radius 2 is 2.03 bits per heavy atom.